The summed E-state index contributed by atoms with van der Waals surface area (Å²) in [5.74, 6) is 0. The van der Waals surface area contributed by atoms with Crippen LogP contribution in [0.3, 0.4) is 0 Å². The third kappa shape index (κ3) is 2.77. The third-order valence-electron chi connectivity index (χ3n) is 1.28. The lowest BCUT2D eigenvalue weighted by Gasteiger charge is -1.93. The van der Waals surface area contributed by atoms with Gasteiger partial charge in [0.2, 0.25) is 0 Å². The molecule has 0 heterocycles. The molecule has 56 valence electrons. The van der Waals surface area contributed by atoms with Gasteiger partial charge in [-0.05, 0) is 6.17 Å². The SMILES string of the molecule is N.NC[SiH2]c1ccccc1. The second-order valence-electron chi connectivity index (χ2n) is 2.02. The monoisotopic (exact) mass is 154 g/mol. The third-order valence-corrected chi connectivity index (χ3v) is 2.61. The van der Waals surface area contributed by atoms with Crippen molar-refractivity contribution >= 4 is 14.7 Å². The molecule has 2 nitrogen and oxygen atoms in total. The van der Waals surface area contributed by atoms with Crippen molar-refractivity contribution in [1.29, 1.82) is 0 Å². The summed E-state index contributed by atoms with van der Waals surface area (Å²) in [5, 5.41) is 1.46. The maximum absolute atomic E-state index is 5.42. The van der Waals surface area contributed by atoms with E-state index in [0.29, 0.717) is 0 Å². The van der Waals surface area contributed by atoms with Gasteiger partial charge in [0.15, 0.2) is 0 Å². The minimum Gasteiger partial charge on any atom is -0.344 e. The molecular formula is C7H14N2Si. The Balaban J connectivity index is 0.000000810. The van der Waals surface area contributed by atoms with Crippen molar-refractivity contribution in [1.82, 2.24) is 6.15 Å². The predicted molar refractivity (Wildman–Crippen MR) is 48.7 cm³/mol. The molecule has 10 heavy (non-hydrogen) atoms. The lowest BCUT2D eigenvalue weighted by atomic mass is 10.4. The van der Waals surface area contributed by atoms with Gasteiger partial charge in [-0.2, -0.15) is 0 Å². The molecule has 3 heteroatoms. The van der Waals surface area contributed by atoms with E-state index >= 15 is 0 Å². The molecule has 0 amide bonds. The zero-order valence-electron chi connectivity index (χ0n) is 6.09. The molecule has 0 saturated carbocycles. The smallest absolute Gasteiger partial charge is 0.0697 e. The van der Waals surface area contributed by atoms with Crippen molar-refractivity contribution in [2.75, 3.05) is 6.17 Å². The highest BCUT2D eigenvalue weighted by Gasteiger charge is 1.85. The highest BCUT2D eigenvalue weighted by atomic mass is 28.2. The van der Waals surface area contributed by atoms with Crippen LogP contribution in [-0.4, -0.2) is 15.7 Å². The number of hydrogen-bond acceptors (Lipinski definition) is 2. The number of rotatable bonds is 2. The van der Waals surface area contributed by atoms with Crippen molar-refractivity contribution in [2.45, 2.75) is 0 Å². The molecular weight excluding hydrogens is 140 g/mol. The predicted octanol–water partition coefficient (Wildman–Crippen LogP) is -0.441. The van der Waals surface area contributed by atoms with Crippen LogP contribution in [0.15, 0.2) is 30.3 Å². The molecule has 0 unspecified atom stereocenters. The molecule has 0 aliphatic heterocycles. The average Bonchev–Trinajstić information content (AvgIpc) is 1.91. The quantitative estimate of drug-likeness (QED) is 0.567. The Labute approximate surface area is 63.8 Å². The summed E-state index contributed by atoms with van der Waals surface area (Å²) >= 11 is 0. The van der Waals surface area contributed by atoms with E-state index in [1.165, 1.54) is 5.19 Å². The fourth-order valence-electron chi connectivity index (χ4n) is 0.811. The molecule has 1 rings (SSSR count). The minimum absolute atomic E-state index is 0. The van der Waals surface area contributed by atoms with Crippen molar-refractivity contribution < 1.29 is 0 Å². The minimum atomic E-state index is -0.123. The fraction of sp³-hybridized carbons (Fsp3) is 0.143. The van der Waals surface area contributed by atoms with E-state index in [1.54, 1.807) is 0 Å². The first-order valence-corrected chi connectivity index (χ1v) is 4.88. The van der Waals surface area contributed by atoms with Crippen LogP contribution >= 0.6 is 0 Å². The van der Waals surface area contributed by atoms with E-state index in [-0.39, 0.29) is 15.7 Å². The molecule has 0 atom stereocenters. The molecule has 1 aromatic carbocycles. The molecule has 0 fully saturated rings. The van der Waals surface area contributed by atoms with Crippen LogP contribution in [0.1, 0.15) is 0 Å². The van der Waals surface area contributed by atoms with Gasteiger partial charge >= 0.3 is 0 Å². The zero-order valence-corrected chi connectivity index (χ0v) is 7.50. The first-order valence-electron chi connectivity index (χ1n) is 3.17. The first-order chi connectivity index (χ1) is 4.43. The summed E-state index contributed by atoms with van der Waals surface area (Å²) in [6.07, 6.45) is 0.879. The highest BCUT2D eigenvalue weighted by molar-refractivity contribution is 6.53. The summed E-state index contributed by atoms with van der Waals surface area (Å²) in [6.45, 7) is 0. The van der Waals surface area contributed by atoms with Gasteiger partial charge in [-0.3, -0.25) is 0 Å². The first kappa shape index (κ1) is 9.36. The Hall–Kier alpha value is -0.643. The van der Waals surface area contributed by atoms with Crippen LogP contribution in [0.25, 0.3) is 0 Å². The van der Waals surface area contributed by atoms with Crippen LogP contribution in [0.5, 0.6) is 0 Å². The van der Waals surface area contributed by atoms with Gasteiger partial charge < -0.3 is 11.9 Å². The standard InChI is InChI=1S/C7H11NSi.H3N/c8-6-9-7-4-2-1-3-5-7;/h1-5H,6,8-9H2;1H3. The molecule has 0 aliphatic rings. The Morgan fingerprint density at radius 1 is 1.20 bits per heavy atom. The maximum Gasteiger partial charge on any atom is 0.0697 e. The van der Waals surface area contributed by atoms with Crippen molar-refractivity contribution in [3.8, 4) is 0 Å². The molecule has 0 saturated heterocycles. The van der Waals surface area contributed by atoms with Crippen molar-refractivity contribution in [3.63, 3.8) is 0 Å². The van der Waals surface area contributed by atoms with Gasteiger partial charge in [0, 0.05) is 0 Å². The van der Waals surface area contributed by atoms with E-state index in [2.05, 4.69) is 24.3 Å². The van der Waals surface area contributed by atoms with Crippen LogP contribution in [0, 0.1) is 0 Å². The van der Waals surface area contributed by atoms with Crippen molar-refractivity contribution in [2.24, 2.45) is 5.73 Å². The summed E-state index contributed by atoms with van der Waals surface area (Å²) in [4.78, 5) is 0. The normalized spacial score (nSPS) is 9.70. The Kier molecular flexibility index (Phi) is 4.83. The highest BCUT2D eigenvalue weighted by Crippen LogP contribution is 1.79. The van der Waals surface area contributed by atoms with Crippen LogP contribution < -0.4 is 17.1 Å². The molecule has 1 aromatic rings. The summed E-state index contributed by atoms with van der Waals surface area (Å²) in [5.41, 5.74) is 5.42. The van der Waals surface area contributed by atoms with Crippen LogP contribution in [-0.2, 0) is 0 Å². The molecule has 0 bridgehead atoms. The topological polar surface area (TPSA) is 61.0 Å². The summed E-state index contributed by atoms with van der Waals surface area (Å²) in [7, 11) is -0.123. The lowest BCUT2D eigenvalue weighted by molar-refractivity contribution is 1.37. The molecule has 0 aliphatic carbocycles. The summed E-state index contributed by atoms with van der Waals surface area (Å²) in [6, 6.07) is 10.5. The van der Waals surface area contributed by atoms with E-state index in [4.69, 9.17) is 5.73 Å². The molecule has 0 radical (unpaired) electrons. The fourth-order valence-corrected chi connectivity index (χ4v) is 1.75. The Bertz CT molecular complexity index is 165. The maximum atomic E-state index is 5.42. The Morgan fingerprint density at radius 3 is 2.30 bits per heavy atom. The zero-order chi connectivity index (χ0) is 6.53. The van der Waals surface area contributed by atoms with E-state index in [9.17, 15) is 0 Å². The van der Waals surface area contributed by atoms with E-state index in [1.807, 2.05) is 6.07 Å². The van der Waals surface area contributed by atoms with Gasteiger partial charge in [-0.25, -0.2) is 0 Å². The van der Waals surface area contributed by atoms with E-state index < -0.39 is 0 Å². The average molecular weight is 154 g/mol. The second kappa shape index (κ2) is 5.17. The number of hydrogen-bond donors (Lipinski definition) is 2. The van der Waals surface area contributed by atoms with E-state index in [0.717, 1.165) is 6.17 Å². The molecule has 5 N–H and O–H groups in total. The van der Waals surface area contributed by atoms with Gasteiger partial charge in [-0.15, -0.1) is 0 Å². The molecule has 0 spiro atoms. The van der Waals surface area contributed by atoms with Crippen molar-refractivity contribution in [3.05, 3.63) is 30.3 Å². The van der Waals surface area contributed by atoms with Crippen LogP contribution in [0.2, 0.25) is 0 Å². The second-order valence-corrected chi connectivity index (χ2v) is 3.92. The van der Waals surface area contributed by atoms with Gasteiger partial charge in [0.25, 0.3) is 0 Å². The Morgan fingerprint density at radius 2 is 1.80 bits per heavy atom. The van der Waals surface area contributed by atoms with Gasteiger partial charge in [0.1, 0.15) is 0 Å². The molecule has 0 aromatic heterocycles. The van der Waals surface area contributed by atoms with Gasteiger partial charge in [-0.1, -0.05) is 35.5 Å². The number of nitrogens with two attached hydrogens (primary N) is 1. The number of benzene rings is 1. The van der Waals surface area contributed by atoms with Gasteiger partial charge in [0.05, 0.1) is 9.52 Å². The van der Waals surface area contributed by atoms with Crippen LogP contribution in [0.4, 0.5) is 0 Å². The summed E-state index contributed by atoms with van der Waals surface area (Å²) < 4.78 is 0. The lowest BCUT2D eigenvalue weighted by Crippen LogP contribution is -2.22. The largest absolute Gasteiger partial charge is 0.344 e.